The molecule has 3 rings (SSSR count). The molecule has 0 atom stereocenters. The van der Waals surface area contributed by atoms with Crippen molar-refractivity contribution in [2.24, 2.45) is 0 Å². The van der Waals surface area contributed by atoms with Crippen LogP contribution in [-0.4, -0.2) is 11.7 Å². The van der Waals surface area contributed by atoms with E-state index in [4.69, 9.17) is 21.3 Å². The normalized spacial score (nSPS) is 10.4. The van der Waals surface area contributed by atoms with E-state index in [1.165, 1.54) is 11.8 Å². The summed E-state index contributed by atoms with van der Waals surface area (Å²) in [5.41, 5.74) is 0.978. The van der Waals surface area contributed by atoms with Crippen molar-refractivity contribution in [2.75, 3.05) is 11.1 Å². The summed E-state index contributed by atoms with van der Waals surface area (Å²) >= 11 is 7.40. The van der Waals surface area contributed by atoms with Crippen molar-refractivity contribution >= 4 is 45.9 Å². The summed E-state index contributed by atoms with van der Waals surface area (Å²) in [6, 6.07) is 16.5. The summed E-state index contributed by atoms with van der Waals surface area (Å²) in [4.78, 5) is 13.0. The maximum atomic E-state index is 12.2. The molecule has 1 N–H and O–H groups in total. The standard InChI is InChI=1S/C17H11ClN2O2S/c18-12-6-2-4-8-15(12)23-10-16(21)20-17-11-5-1-3-7-13(11)22-14(17)9-19/h1-8H,10H2,(H,20,21). The van der Waals surface area contributed by atoms with E-state index in [-0.39, 0.29) is 17.4 Å². The molecule has 0 aliphatic rings. The van der Waals surface area contributed by atoms with Crippen LogP contribution in [0.5, 0.6) is 0 Å². The zero-order valence-corrected chi connectivity index (χ0v) is 13.4. The van der Waals surface area contributed by atoms with E-state index in [2.05, 4.69) is 5.32 Å². The SMILES string of the molecule is N#Cc1oc2ccccc2c1NC(=O)CSc1ccccc1Cl. The van der Waals surface area contributed by atoms with Gasteiger partial charge in [0.05, 0.1) is 10.8 Å². The summed E-state index contributed by atoms with van der Waals surface area (Å²) in [5.74, 6) is 0.0638. The summed E-state index contributed by atoms with van der Waals surface area (Å²) in [6.45, 7) is 0. The minimum atomic E-state index is -0.224. The average Bonchev–Trinajstić information content (AvgIpc) is 2.92. The van der Waals surface area contributed by atoms with E-state index < -0.39 is 0 Å². The molecule has 2 aromatic carbocycles. The van der Waals surface area contributed by atoms with E-state index in [0.717, 1.165) is 4.90 Å². The Morgan fingerprint density at radius 3 is 2.74 bits per heavy atom. The summed E-state index contributed by atoms with van der Waals surface area (Å²) in [7, 11) is 0. The number of furan rings is 1. The van der Waals surface area contributed by atoms with Gasteiger partial charge in [-0.15, -0.1) is 11.8 Å². The molecule has 0 saturated heterocycles. The van der Waals surface area contributed by atoms with Crippen LogP contribution < -0.4 is 5.32 Å². The smallest absolute Gasteiger partial charge is 0.234 e. The Balaban J connectivity index is 1.76. The van der Waals surface area contributed by atoms with E-state index >= 15 is 0 Å². The molecular formula is C17H11ClN2O2S. The van der Waals surface area contributed by atoms with Gasteiger partial charge in [0, 0.05) is 10.3 Å². The number of carbonyl (C=O) groups excluding carboxylic acids is 1. The number of para-hydroxylation sites is 1. The average molecular weight is 343 g/mol. The highest BCUT2D eigenvalue weighted by atomic mass is 35.5. The number of nitriles is 1. The Hall–Kier alpha value is -2.42. The van der Waals surface area contributed by atoms with Crippen LogP contribution >= 0.6 is 23.4 Å². The minimum absolute atomic E-state index is 0.0993. The fraction of sp³-hybridized carbons (Fsp3) is 0.0588. The molecule has 1 amide bonds. The van der Waals surface area contributed by atoms with Gasteiger partial charge in [0.1, 0.15) is 17.3 Å². The summed E-state index contributed by atoms with van der Waals surface area (Å²) < 4.78 is 5.43. The molecule has 0 aliphatic carbocycles. The highest BCUT2D eigenvalue weighted by molar-refractivity contribution is 8.00. The molecule has 0 saturated carbocycles. The van der Waals surface area contributed by atoms with Crippen molar-refractivity contribution in [3.05, 3.63) is 59.3 Å². The van der Waals surface area contributed by atoms with Gasteiger partial charge in [-0.05, 0) is 24.3 Å². The number of nitrogens with one attached hydrogen (secondary N) is 1. The van der Waals surface area contributed by atoms with Crippen molar-refractivity contribution < 1.29 is 9.21 Å². The second-order valence-corrected chi connectivity index (χ2v) is 6.11. The first-order chi connectivity index (χ1) is 11.2. The molecule has 0 aliphatic heterocycles. The topological polar surface area (TPSA) is 66.0 Å². The number of nitrogens with zero attached hydrogens (tertiary/aromatic N) is 1. The molecule has 1 heterocycles. The Morgan fingerprint density at radius 2 is 1.96 bits per heavy atom. The highest BCUT2D eigenvalue weighted by Crippen LogP contribution is 2.31. The minimum Gasteiger partial charge on any atom is -0.443 e. The maximum Gasteiger partial charge on any atom is 0.234 e. The van der Waals surface area contributed by atoms with Crippen molar-refractivity contribution in [1.82, 2.24) is 0 Å². The van der Waals surface area contributed by atoms with Gasteiger partial charge >= 0.3 is 0 Å². The van der Waals surface area contributed by atoms with Crippen molar-refractivity contribution in [1.29, 1.82) is 5.26 Å². The van der Waals surface area contributed by atoms with E-state index in [9.17, 15) is 4.79 Å². The predicted octanol–water partition coefficient (Wildman–Crippen LogP) is 4.69. The molecule has 114 valence electrons. The lowest BCUT2D eigenvalue weighted by Gasteiger charge is -2.05. The van der Waals surface area contributed by atoms with Crippen LogP contribution in [0, 0.1) is 11.3 Å². The van der Waals surface area contributed by atoms with E-state index in [1.807, 2.05) is 36.4 Å². The van der Waals surface area contributed by atoms with Gasteiger partial charge < -0.3 is 9.73 Å². The molecule has 0 bridgehead atoms. The first kappa shape index (κ1) is 15.5. The summed E-state index contributed by atoms with van der Waals surface area (Å²) in [5, 5.41) is 13.2. The molecule has 0 radical (unpaired) electrons. The molecule has 0 fully saturated rings. The third-order valence-electron chi connectivity index (χ3n) is 3.16. The molecule has 0 unspecified atom stereocenters. The number of hydrogen-bond donors (Lipinski definition) is 1. The number of rotatable bonds is 4. The molecule has 1 aromatic heterocycles. The maximum absolute atomic E-state index is 12.2. The quantitative estimate of drug-likeness (QED) is 0.698. The largest absolute Gasteiger partial charge is 0.443 e. The van der Waals surface area contributed by atoms with Crippen LogP contribution in [0.4, 0.5) is 5.69 Å². The van der Waals surface area contributed by atoms with Gasteiger partial charge in [0.15, 0.2) is 0 Å². The number of carbonyl (C=O) groups is 1. The van der Waals surface area contributed by atoms with Crippen LogP contribution in [0.3, 0.4) is 0 Å². The number of benzene rings is 2. The van der Waals surface area contributed by atoms with E-state index in [0.29, 0.717) is 21.7 Å². The fourth-order valence-corrected chi connectivity index (χ4v) is 3.17. The Kier molecular flexibility index (Phi) is 4.56. The molecule has 4 nitrogen and oxygen atoms in total. The van der Waals surface area contributed by atoms with Gasteiger partial charge in [-0.3, -0.25) is 4.79 Å². The number of halogens is 1. The molecular weight excluding hydrogens is 332 g/mol. The molecule has 23 heavy (non-hydrogen) atoms. The van der Waals surface area contributed by atoms with Crippen molar-refractivity contribution in [3.63, 3.8) is 0 Å². The molecule has 3 aromatic rings. The predicted molar refractivity (Wildman–Crippen MR) is 91.7 cm³/mol. The third kappa shape index (κ3) is 3.34. The molecule has 0 spiro atoms. The molecule has 6 heteroatoms. The third-order valence-corrected chi connectivity index (χ3v) is 4.67. The fourth-order valence-electron chi connectivity index (χ4n) is 2.13. The van der Waals surface area contributed by atoms with Gasteiger partial charge in [-0.25, -0.2) is 0 Å². The van der Waals surface area contributed by atoms with Crippen LogP contribution in [-0.2, 0) is 4.79 Å². The highest BCUT2D eigenvalue weighted by Gasteiger charge is 2.16. The number of hydrogen-bond acceptors (Lipinski definition) is 4. The van der Waals surface area contributed by atoms with E-state index in [1.54, 1.807) is 18.2 Å². The number of anilines is 1. The second-order valence-electron chi connectivity index (χ2n) is 4.68. The Labute approximate surface area is 142 Å². The van der Waals surface area contributed by atoms with Crippen LogP contribution in [0.25, 0.3) is 11.0 Å². The Morgan fingerprint density at radius 1 is 1.22 bits per heavy atom. The van der Waals surface area contributed by atoms with Crippen LogP contribution in [0.15, 0.2) is 57.8 Å². The van der Waals surface area contributed by atoms with Gasteiger partial charge in [0.25, 0.3) is 0 Å². The zero-order chi connectivity index (χ0) is 16.2. The Bertz CT molecular complexity index is 914. The lowest BCUT2D eigenvalue weighted by Crippen LogP contribution is -2.14. The number of thioether (sulfide) groups is 1. The van der Waals surface area contributed by atoms with Gasteiger partial charge in [0.2, 0.25) is 11.7 Å². The van der Waals surface area contributed by atoms with Crippen molar-refractivity contribution in [3.8, 4) is 6.07 Å². The first-order valence-electron chi connectivity index (χ1n) is 6.78. The van der Waals surface area contributed by atoms with Crippen LogP contribution in [0.2, 0.25) is 5.02 Å². The number of fused-ring (bicyclic) bond motifs is 1. The summed E-state index contributed by atoms with van der Waals surface area (Å²) in [6.07, 6.45) is 0. The number of amides is 1. The van der Waals surface area contributed by atoms with Gasteiger partial charge in [-0.2, -0.15) is 5.26 Å². The van der Waals surface area contributed by atoms with Gasteiger partial charge in [-0.1, -0.05) is 35.9 Å². The van der Waals surface area contributed by atoms with Crippen LogP contribution in [0.1, 0.15) is 5.76 Å². The lowest BCUT2D eigenvalue weighted by atomic mass is 10.2. The first-order valence-corrected chi connectivity index (χ1v) is 8.14. The monoisotopic (exact) mass is 342 g/mol. The second kappa shape index (κ2) is 6.78. The lowest BCUT2D eigenvalue weighted by molar-refractivity contribution is -0.113. The van der Waals surface area contributed by atoms with Crippen molar-refractivity contribution in [2.45, 2.75) is 4.90 Å². The zero-order valence-electron chi connectivity index (χ0n) is 11.9.